The average Bonchev–Trinajstić information content (AvgIpc) is 2.59. The average molecular weight is 382 g/mol. The Balaban J connectivity index is 0. The van der Waals surface area contributed by atoms with Crippen LogP contribution in [0.25, 0.3) is 0 Å². The lowest BCUT2D eigenvalue weighted by Crippen LogP contribution is -2.39. The number of hydrogen-bond acceptors (Lipinski definition) is 10. The number of carboxylic acids is 1. The number of carbonyl (C=O) groups is 3. The standard InChI is InChI=1S/C11H23N3O3S.C3H7NO3/c1-18-7-5-9(14)11(16)17-10(15)8(13)4-2-3-6-12;4-2(1-5)3(6)7/h8-9H,2-7,12-14H2,1H3;2,5H,1,4H2,(H,6,7)/t8-,9-;2-/m00/s1. The molecule has 0 heterocycles. The minimum absolute atomic E-state index is 0.462. The highest BCUT2D eigenvalue weighted by Gasteiger charge is 2.22. The first kappa shape index (κ1) is 26.0. The van der Waals surface area contributed by atoms with Crippen LogP contribution in [0.2, 0.25) is 0 Å². The zero-order valence-corrected chi connectivity index (χ0v) is 15.2. The molecule has 0 amide bonds. The number of aliphatic hydroxyl groups excluding tert-OH is 1. The van der Waals surface area contributed by atoms with Crippen LogP contribution < -0.4 is 22.9 Å². The fraction of sp³-hybridized carbons (Fsp3) is 0.786. The number of thioether (sulfide) groups is 1. The molecule has 0 saturated heterocycles. The third-order valence-corrected chi connectivity index (χ3v) is 3.57. The van der Waals surface area contributed by atoms with Crippen molar-refractivity contribution in [1.29, 1.82) is 0 Å². The Labute approximate surface area is 151 Å². The molecule has 0 unspecified atom stereocenters. The zero-order valence-electron chi connectivity index (χ0n) is 14.4. The van der Waals surface area contributed by atoms with Crippen molar-refractivity contribution in [2.75, 3.05) is 25.2 Å². The quantitative estimate of drug-likeness (QED) is 0.131. The van der Waals surface area contributed by atoms with E-state index in [-0.39, 0.29) is 0 Å². The van der Waals surface area contributed by atoms with E-state index >= 15 is 0 Å². The van der Waals surface area contributed by atoms with Crippen molar-refractivity contribution >= 4 is 29.7 Å². The van der Waals surface area contributed by atoms with E-state index in [2.05, 4.69) is 4.74 Å². The number of rotatable bonds is 11. The van der Waals surface area contributed by atoms with Gasteiger partial charge < -0.3 is 37.9 Å². The Bertz CT molecular complexity index is 400. The summed E-state index contributed by atoms with van der Waals surface area (Å²) in [6.07, 6.45) is 4.39. The summed E-state index contributed by atoms with van der Waals surface area (Å²) in [4.78, 5) is 32.6. The summed E-state index contributed by atoms with van der Waals surface area (Å²) >= 11 is 1.58. The van der Waals surface area contributed by atoms with Crippen LogP contribution in [0.4, 0.5) is 0 Å². The second kappa shape index (κ2) is 16.2. The maximum Gasteiger partial charge on any atom is 0.330 e. The zero-order chi connectivity index (χ0) is 19.8. The van der Waals surface area contributed by atoms with Gasteiger partial charge in [-0.15, -0.1) is 0 Å². The van der Waals surface area contributed by atoms with Crippen molar-refractivity contribution in [3.63, 3.8) is 0 Å². The smallest absolute Gasteiger partial charge is 0.330 e. The first-order valence-electron chi connectivity index (χ1n) is 7.76. The normalized spacial score (nSPS) is 13.8. The number of carbonyl (C=O) groups excluding carboxylic acids is 2. The van der Waals surface area contributed by atoms with Crippen molar-refractivity contribution in [2.45, 2.75) is 43.8 Å². The molecule has 0 rings (SSSR count). The van der Waals surface area contributed by atoms with Crippen LogP contribution in [0, 0.1) is 0 Å². The van der Waals surface area contributed by atoms with Gasteiger partial charge in [-0.05, 0) is 37.8 Å². The predicted molar refractivity (Wildman–Crippen MR) is 95.7 cm³/mol. The van der Waals surface area contributed by atoms with Gasteiger partial charge in [-0.3, -0.25) is 4.79 Å². The van der Waals surface area contributed by atoms with Crippen LogP contribution in [0.3, 0.4) is 0 Å². The Morgan fingerprint density at radius 2 is 1.52 bits per heavy atom. The molecule has 11 heteroatoms. The number of carboxylic acid groups (broad SMARTS) is 1. The van der Waals surface area contributed by atoms with E-state index in [4.69, 9.17) is 33.1 Å². The molecule has 10 N–H and O–H groups in total. The lowest BCUT2D eigenvalue weighted by molar-refractivity contribution is -0.161. The maximum absolute atomic E-state index is 11.5. The van der Waals surface area contributed by atoms with E-state index in [1.54, 1.807) is 11.8 Å². The molecule has 0 aromatic heterocycles. The molecule has 0 saturated carbocycles. The van der Waals surface area contributed by atoms with Crippen LogP contribution in [0.15, 0.2) is 0 Å². The Morgan fingerprint density at radius 1 is 1.00 bits per heavy atom. The molecule has 0 aliphatic rings. The van der Waals surface area contributed by atoms with Gasteiger partial charge >= 0.3 is 17.9 Å². The lowest BCUT2D eigenvalue weighted by Gasteiger charge is -2.13. The summed E-state index contributed by atoms with van der Waals surface area (Å²) in [6, 6.07) is -2.68. The number of nitrogens with two attached hydrogens (primary N) is 4. The minimum atomic E-state index is -1.18. The third-order valence-electron chi connectivity index (χ3n) is 2.92. The largest absolute Gasteiger partial charge is 0.480 e. The molecule has 25 heavy (non-hydrogen) atoms. The topological polar surface area (TPSA) is 205 Å². The van der Waals surface area contributed by atoms with E-state index in [0.717, 1.165) is 18.6 Å². The van der Waals surface area contributed by atoms with Gasteiger partial charge in [0.1, 0.15) is 18.1 Å². The van der Waals surface area contributed by atoms with E-state index in [0.29, 0.717) is 19.4 Å². The van der Waals surface area contributed by atoms with E-state index in [1.807, 2.05) is 6.26 Å². The summed E-state index contributed by atoms with van der Waals surface area (Å²) < 4.78 is 4.63. The predicted octanol–water partition coefficient (Wildman–Crippen LogP) is -2.02. The van der Waals surface area contributed by atoms with Crippen LogP contribution in [-0.2, 0) is 19.1 Å². The number of unbranched alkanes of at least 4 members (excludes halogenated alkanes) is 1. The van der Waals surface area contributed by atoms with Crippen molar-refractivity contribution < 1.29 is 29.3 Å². The van der Waals surface area contributed by atoms with E-state index in [1.165, 1.54) is 0 Å². The highest BCUT2D eigenvalue weighted by Crippen LogP contribution is 2.03. The second-order valence-corrected chi connectivity index (χ2v) is 6.13. The molecule has 3 atom stereocenters. The van der Waals surface area contributed by atoms with Crippen molar-refractivity contribution in [3.8, 4) is 0 Å². The van der Waals surface area contributed by atoms with E-state index in [9.17, 15) is 14.4 Å². The van der Waals surface area contributed by atoms with Gasteiger partial charge in [0, 0.05) is 0 Å². The second-order valence-electron chi connectivity index (χ2n) is 5.15. The number of hydrogen-bond donors (Lipinski definition) is 6. The molecule has 0 spiro atoms. The van der Waals surface area contributed by atoms with Crippen molar-refractivity contribution in [3.05, 3.63) is 0 Å². The maximum atomic E-state index is 11.5. The summed E-state index contributed by atoms with van der Waals surface area (Å²) in [5.41, 5.74) is 21.3. The molecule has 0 aliphatic carbocycles. The summed E-state index contributed by atoms with van der Waals surface area (Å²) in [6.45, 7) is 0.0512. The van der Waals surface area contributed by atoms with E-state index < -0.39 is 42.6 Å². The highest BCUT2D eigenvalue weighted by molar-refractivity contribution is 7.98. The number of esters is 2. The van der Waals surface area contributed by atoms with Crippen LogP contribution in [0.5, 0.6) is 0 Å². The number of aliphatic hydroxyl groups is 1. The molecule has 0 aromatic carbocycles. The first-order chi connectivity index (χ1) is 11.7. The van der Waals surface area contributed by atoms with Crippen LogP contribution in [-0.4, -0.2) is 71.4 Å². The number of ether oxygens (including phenoxy) is 1. The molecule has 0 fully saturated rings. The van der Waals surface area contributed by atoms with Gasteiger partial charge in [0.25, 0.3) is 0 Å². The Morgan fingerprint density at radius 3 is 1.88 bits per heavy atom. The van der Waals surface area contributed by atoms with Gasteiger partial charge in [0.2, 0.25) is 0 Å². The molecular weight excluding hydrogens is 352 g/mol. The van der Waals surface area contributed by atoms with Crippen LogP contribution >= 0.6 is 11.8 Å². The highest BCUT2D eigenvalue weighted by atomic mass is 32.2. The molecule has 10 nitrogen and oxygen atoms in total. The lowest BCUT2D eigenvalue weighted by atomic mass is 10.1. The summed E-state index contributed by atoms with van der Waals surface area (Å²) in [5, 5.41) is 15.9. The molecular formula is C14H30N4O6S. The molecule has 0 aromatic rings. The third kappa shape index (κ3) is 14.8. The van der Waals surface area contributed by atoms with Gasteiger partial charge in [0.15, 0.2) is 0 Å². The SMILES string of the molecule is CSCC[C@H](N)C(=O)OC(=O)[C@@H](N)CCCCN.N[C@@H](CO)C(=O)O. The van der Waals surface area contributed by atoms with Crippen LogP contribution in [0.1, 0.15) is 25.7 Å². The molecule has 0 bridgehead atoms. The number of aliphatic carboxylic acids is 1. The van der Waals surface area contributed by atoms with Gasteiger partial charge in [-0.25, -0.2) is 9.59 Å². The fourth-order valence-corrected chi connectivity index (χ4v) is 1.81. The van der Waals surface area contributed by atoms with Gasteiger partial charge in [0.05, 0.1) is 6.61 Å². The summed E-state index contributed by atoms with van der Waals surface area (Å²) in [5.74, 6) is -1.85. The van der Waals surface area contributed by atoms with Crippen molar-refractivity contribution in [1.82, 2.24) is 0 Å². The Hall–Kier alpha value is -1.24. The molecule has 148 valence electrons. The molecule has 0 radical (unpaired) electrons. The fourth-order valence-electron chi connectivity index (χ4n) is 1.32. The monoisotopic (exact) mass is 382 g/mol. The van der Waals surface area contributed by atoms with Gasteiger partial charge in [-0.2, -0.15) is 11.8 Å². The minimum Gasteiger partial charge on any atom is -0.480 e. The Kier molecular flexibility index (Phi) is 16.9. The van der Waals surface area contributed by atoms with Gasteiger partial charge in [-0.1, -0.05) is 6.42 Å². The van der Waals surface area contributed by atoms with Crippen molar-refractivity contribution in [2.24, 2.45) is 22.9 Å². The first-order valence-corrected chi connectivity index (χ1v) is 9.15. The summed E-state index contributed by atoms with van der Waals surface area (Å²) in [7, 11) is 0. The molecule has 0 aliphatic heterocycles.